The maximum atomic E-state index is 9.42. The third kappa shape index (κ3) is 6.62. The highest BCUT2D eigenvalue weighted by Gasteiger charge is 2.33. The monoisotopic (exact) mass is 309 g/mol. The Bertz CT molecular complexity index is 338. The van der Waals surface area contributed by atoms with E-state index in [1.807, 2.05) is 6.20 Å². The summed E-state index contributed by atoms with van der Waals surface area (Å²) in [6, 6.07) is 0. The summed E-state index contributed by atoms with van der Waals surface area (Å²) >= 11 is 0. The molecule has 1 N–H and O–H groups in total. The molecule has 3 heteroatoms. The van der Waals surface area contributed by atoms with Gasteiger partial charge < -0.3 is 5.11 Å². The van der Waals surface area contributed by atoms with Gasteiger partial charge in [0.15, 0.2) is 0 Å². The minimum atomic E-state index is 0.241. The molecule has 0 bridgehead atoms. The number of unbranched alkanes of at least 4 members (excludes halogenated alkanes) is 8. The number of amidine groups is 1. The summed E-state index contributed by atoms with van der Waals surface area (Å²) in [4.78, 5) is 4.62. The van der Waals surface area contributed by atoms with Crippen molar-refractivity contribution >= 4 is 5.84 Å². The minimum Gasteiger partial charge on any atom is -0.390 e. The molecule has 22 heavy (non-hydrogen) atoms. The van der Waals surface area contributed by atoms with Crippen LogP contribution in [0.1, 0.15) is 84.5 Å². The number of hydrogen-bond donors (Lipinski definition) is 1. The number of quaternary nitrogens is 1. The summed E-state index contributed by atoms with van der Waals surface area (Å²) in [5.74, 6) is 1.27. The first kappa shape index (κ1) is 19.4. The molecule has 0 amide bonds. The highest BCUT2D eigenvalue weighted by atomic mass is 16.3. The van der Waals surface area contributed by atoms with E-state index in [2.05, 4.69) is 25.0 Å². The van der Waals surface area contributed by atoms with Gasteiger partial charge >= 0.3 is 0 Å². The average molecular weight is 310 g/mol. The summed E-state index contributed by atoms with van der Waals surface area (Å²) in [6.45, 7) is 6.61. The van der Waals surface area contributed by atoms with Gasteiger partial charge in [0.2, 0.25) is 5.84 Å². The van der Waals surface area contributed by atoms with E-state index in [-0.39, 0.29) is 6.61 Å². The van der Waals surface area contributed by atoms with E-state index in [1.54, 1.807) is 0 Å². The van der Waals surface area contributed by atoms with E-state index in [0.29, 0.717) is 0 Å². The van der Waals surface area contributed by atoms with Crippen molar-refractivity contribution < 1.29 is 9.59 Å². The topological polar surface area (TPSA) is 32.6 Å². The Morgan fingerprint density at radius 3 is 2.14 bits per heavy atom. The molecule has 1 aliphatic heterocycles. The molecule has 0 radical (unpaired) electrons. The normalized spacial score (nSPS) is 20.6. The van der Waals surface area contributed by atoms with E-state index in [0.717, 1.165) is 24.0 Å². The van der Waals surface area contributed by atoms with Crippen molar-refractivity contribution in [2.45, 2.75) is 84.5 Å². The van der Waals surface area contributed by atoms with E-state index in [1.165, 1.54) is 70.0 Å². The lowest BCUT2D eigenvalue weighted by Gasteiger charge is -2.32. The molecule has 128 valence electrons. The molecule has 0 fully saturated rings. The van der Waals surface area contributed by atoms with Gasteiger partial charge in [-0.3, -0.25) is 0 Å². The third-order valence-corrected chi connectivity index (χ3v) is 4.75. The van der Waals surface area contributed by atoms with Crippen molar-refractivity contribution in [3.63, 3.8) is 0 Å². The van der Waals surface area contributed by atoms with Gasteiger partial charge in [-0.2, -0.15) is 0 Å². The Balaban J connectivity index is 2.25. The van der Waals surface area contributed by atoms with E-state index >= 15 is 0 Å². The first-order valence-corrected chi connectivity index (χ1v) is 9.51. The second kappa shape index (κ2) is 11.8. The average Bonchev–Trinajstić information content (AvgIpc) is 2.91. The van der Waals surface area contributed by atoms with Crippen LogP contribution in [0.15, 0.2) is 17.4 Å². The molecule has 0 aromatic carbocycles. The van der Waals surface area contributed by atoms with Crippen molar-refractivity contribution in [1.82, 2.24) is 0 Å². The lowest BCUT2D eigenvalue weighted by atomic mass is 10.1. The number of nitrogens with zero attached hydrogens (tertiary/aromatic N) is 2. The number of aliphatic imine (C=N–C) groups is 1. The lowest BCUT2D eigenvalue weighted by Crippen LogP contribution is -2.49. The summed E-state index contributed by atoms with van der Waals surface area (Å²) in [7, 11) is 0. The van der Waals surface area contributed by atoms with E-state index in [9.17, 15) is 5.11 Å². The van der Waals surface area contributed by atoms with E-state index < -0.39 is 0 Å². The number of aliphatic hydroxyl groups is 1. The van der Waals surface area contributed by atoms with Gasteiger partial charge in [-0.1, -0.05) is 65.2 Å². The van der Waals surface area contributed by atoms with Gasteiger partial charge in [-0.05, 0) is 12.8 Å². The summed E-state index contributed by atoms with van der Waals surface area (Å²) in [6.07, 6.45) is 18.4. The molecule has 1 aliphatic rings. The van der Waals surface area contributed by atoms with Gasteiger partial charge in [0.05, 0.1) is 19.4 Å². The molecule has 1 rings (SSSR count). The molecule has 3 nitrogen and oxygen atoms in total. The van der Waals surface area contributed by atoms with Crippen molar-refractivity contribution in [1.29, 1.82) is 0 Å². The largest absolute Gasteiger partial charge is 0.390 e. The molecule has 0 aromatic heterocycles. The van der Waals surface area contributed by atoms with Gasteiger partial charge in [0, 0.05) is 6.42 Å². The van der Waals surface area contributed by atoms with Gasteiger partial charge in [0.1, 0.15) is 12.7 Å². The zero-order valence-corrected chi connectivity index (χ0v) is 14.9. The van der Waals surface area contributed by atoms with Crippen LogP contribution in [-0.2, 0) is 0 Å². The molecular formula is C19H37N2O+. The Morgan fingerprint density at radius 2 is 1.50 bits per heavy atom. The molecule has 0 aliphatic carbocycles. The van der Waals surface area contributed by atoms with Gasteiger partial charge in [0.25, 0.3) is 0 Å². The fourth-order valence-electron chi connectivity index (χ4n) is 3.29. The number of hydrogen-bond acceptors (Lipinski definition) is 2. The van der Waals surface area contributed by atoms with Crippen LogP contribution in [0.25, 0.3) is 0 Å². The van der Waals surface area contributed by atoms with Crippen molar-refractivity contribution in [2.75, 3.05) is 19.7 Å². The molecule has 0 saturated heterocycles. The van der Waals surface area contributed by atoms with Crippen LogP contribution in [0, 0.1) is 0 Å². The van der Waals surface area contributed by atoms with Crippen LogP contribution in [0.2, 0.25) is 0 Å². The van der Waals surface area contributed by atoms with Crippen molar-refractivity contribution in [3.8, 4) is 0 Å². The third-order valence-electron chi connectivity index (χ3n) is 4.75. The maximum Gasteiger partial charge on any atom is 0.207 e. The molecular weight excluding hydrogens is 272 g/mol. The molecule has 1 unspecified atom stereocenters. The molecule has 1 atom stereocenters. The SMILES string of the molecule is CCCCCCCCCCC1=NC=C[N+]1(CCO)CCCC. The Kier molecular flexibility index (Phi) is 10.4. The highest BCUT2D eigenvalue weighted by molar-refractivity contribution is 5.78. The quantitative estimate of drug-likeness (QED) is 0.355. The van der Waals surface area contributed by atoms with Crippen molar-refractivity contribution in [2.24, 2.45) is 4.99 Å². The maximum absolute atomic E-state index is 9.42. The highest BCUT2D eigenvalue weighted by Crippen LogP contribution is 2.22. The zero-order valence-electron chi connectivity index (χ0n) is 14.9. The molecule has 0 spiro atoms. The summed E-state index contributed by atoms with van der Waals surface area (Å²) in [5.41, 5.74) is 0. The van der Waals surface area contributed by atoms with Crippen LogP contribution in [-0.4, -0.2) is 35.1 Å². The Morgan fingerprint density at radius 1 is 0.864 bits per heavy atom. The predicted octanol–water partition coefficient (Wildman–Crippen LogP) is 5.01. The second-order valence-corrected chi connectivity index (χ2v) is 6.63. The smallest absolute Gasteiger partial charge is 0.207 e. The van der Waals surface area contributed by atoms with Gasteiger partial charge in [-0.15, -0.1) is 0 Å². The number of rotatable bonds is 14. The molecule has 0 saturated carbocycles. The fraction of sp³-hybridized carbons (Fsp3) is 0.842. The van der Waals surface area contributed by atoms with Crippen LogP contribution in [0.3, 0.4) is 0 Å². The lowest BCUT2D eigenvalue weighted by molar-refractivity contribution is -0.788. The molecule has 0 aromatic rings. The first-order valence-electron chi connectivity index (χ1n) is 9.51. The van der Waals surface area contributed by atoms with Gasteiger partial charge in [-0.25, -0.2) is 9.48 Å². The number of aliphatic hydroxyl groups excluding tert-OH is 1. The van der Waals surface area contributed by atoms with Crippen molar-refractivity contribution in [3.05, 3.63) is 12.4 Å². The summed E-state index contributed by atoms with van der Waals surface area (Å²) in [5, 5.41) is 9.42. The van der Waals surface area contributed by atoms with Crippen LogP contribution in [0.4, 0.5) is 0 Å². The molecule has 1 heterocycles. The predicted molar refractivity (Wildman–Crippen MR) is 95.8 cm³/mol. The Labute approximate surface area is 137 Å². The van der Waals surface area contributed by atoms with E-state index in [4.69, 9.17) is 0 Å². The fourth-order valence-corrected chi connectivity index (χ4v) is 3.29. The van der Waals surface area contributed by atoms with Crippen LogP contribution < -0.4 is 0 Å². The minimum absolute atomic E-state index is 0.241. The standard InChI is InChI=1S/C19H37N2O/c1-3-5-7-8-9-10-11-12-13-19-20-14-16-21(19,17-18-22)15-6-4-2/h14,16,22H,3-13,15,17-18H2,1-2H3/q+1. The Hall–Kier alpha value is -0.670. The van der Waals surface area contributed by atoms with Crippen LogP contribution >= 0.6 is 0 Å². The second-order valence-electron chi connectivity index (χ2n) is 6.63. The zero-order chi connectivity index (χ0) is 16.1. The van der Waals surface area contributed by atoms with Crippen LogP contribution in [0.5, 0.6) is 0 Å². The summed E-state index contributed by atoms with van der Waals surface area (Å²) < 4.78 is 0.806. The first-order chi connectivity index (χ1) is 10.8.